The standard InChI is InChI=1S/C24H28F3N3O2S2/c25-24(26,27)33-18-4-2-16(3-5-18)17-6-11-30(12-7-17)21-14-20(29-23(15-31)9-1-10-23)22-19(28-21)8-13-34(22)32/h2-5,14,17,31H,1,6-13,15H2,(H,28,29)/t34-/m0/s1. The van der Waals surface area contributed by atoms with Gasteiger partial charge in [-0.1, -0.05) is 12.1 Å². The van der Waals surface area contributed by atoms with Crippen molar-refractivity contribution in [1.29, 1.82) is 0 Å². The molecule has 2 N–H and O–H groups in total. The van der Waals surface area contributed by atoms with Crippen LogP contribution in [0.2, 0.25) is 0 Å². The first kappa shape index (κ1) is 23.9. The van der Waals surface area contributed by atoms with E-state index < -0.39 is 16.3 Å². The van der Waals surface area contributed by atoms with Gasteiger partial charge in [-0.2, -0.15) is 13.2 Å². The summed E-state index contributed by atoms with van der Waals surface area (Å²) in [4.78, 5) is 8.09. The van der Waals surface area contributed by atoms with E-state index in [4.69, 9.17) is 4.98 Å². The minimum absolute atomic E-state index is 0.0533. The molecule has 10 heteroatoms. The quantitative estimate of drug-likeness (QED) is 0.528. The number of aromatic nitrogens is 1. The number of hydrogen-bond donors (Lipinski definition) is 2. The zero-order chi connectivity index (χ0) is 23.9. The molecule has 1 saturated carbocycles. The smallest absolute Gasteiger partial charge is 0.394 e. The Balaban J connectivity index is 1.29. The van der Waals surface area contributed by atoms with E-state index in [-0.39, 0.29) is 28.8 Å². The summed E-state index contributed by atoms with van der Waals surface area (Å²) in [6, 6.07) is 8.72. The number of nitrogens with one attached hydrogen (secondary N) is 1. The monoisotopic (exact) mass is 511 g/mol. The molecular formula is C24H28F3N3O2S2. The number of benzene rings is 1. The Labute approximate surface area is 204 Å². The van der Waals surface area contributed by atoms with Crippen molar-refractivity contribution in [2.45, 2.75) is 65.3 Å². The predicted octanol–water partition coefficient (Wildman–Crippen LogP) is 5.07. The molecule has 1 atom stereocenters. The number of rotatable bonds is 6. The molecule has 5 rings (SSSR count). The molecule has 1 aromatic heterocycles. The van der Waals surface area contributed by atoms with E-state index in [2.05, 4.69) is 10.2 Å². The van der Waals surface area contributed by atoms with Crippen LogP contribution >= 0.6 is 11.8 Å². The van der Waals surface area contributed by atoms with Gasteiger partial charge in [0.2, 0.25) is 0 Å². The highest BCUT2D eigenvalue weighted by Gasteiger charge is 2.38. The number of pyridine rings is 1. The van der Waals surface area contributed by atoms with Gasteiger partial charge in [-0.3, -0.25) is 4.21 Å². The van der Waals surface area contributed by atoms with Gasteiger partial charge < -0.3 is 15.3 Å². The van der Waals surface area contributed by atoms with Crippen LogP contribution in [0.15, 0.2) is 40.1 Å². The Morgan fingerprint density at radius 3 is 2.50 bits per heavy atom. The Hall–Kier alpha value is -1.78. The Kier molecular flexibility index (Phi) is 6.58. The van der Waals surface area contributed by atoms with E-state index in [0.29, 0.717) is 18.1 Å². The van der Waals surface area contributed by atoms with Crippen molar-refractivity contribution in [3.8, 4) is 0 Å². The highest BCUT2D eigenvalue weighted by atomic mass is 32.2. The fourth-order valence-corrected chi connectivity index (χ4v) is 7.02. The second-order valence-electron chi connectivity index (χ2n) is 9.40. The van der Waals surface area contributed by atoms with Gasteiger partial charge in [0.05, 0.1) is 39.2 Å². The summed E-state index contributed by atoms with van der Waals surface area (Å²) in [5.41, 5.74) is -1.82. The van der Waals surface area contributed by atoms with Crippen LogP contribution in [0.5, 0.6) is 0 Å². The van der Waals surface area contributed by atoms with Crippen LogP contribution in [0.4, 0.5) is 24.7 Å². The van der Waals surface area contributed by atoms with Crippen LogP contribution in [0.25, 0.3) is 0 Å². The molecule has 34 heavy (non-hydrogen) atoms. The first-order valence-electron chi connectivity index (χ1n) is 11.7. The molecule has 0 radical (unpaired) electrons. The molecule has 1 aromatic carbocycles. The van der Waals surface area contributed by atoms with Crippen molar-refractivity contribution in [3.63, 3.8) is 0 Å². The second kappa shape index (κ2) is 9.35. The lowest BCUT2D eigenvalue weighted by molar-refractivity contribution is -0.0328. The van der Waals surface area contributed by atoms with E-state index >= 15 is 0 Å². The molecule has 0 bridgehead atoms. The summed E-state index contributed by atoms with van der Waals surface area (Å²) in [6.07, 6.45) is 5.33. The Morgan fingerprint density at radius 1 is 1.21 bits per heavy atom. The number of piperidine rings is 1. The second-order valence-corrected chi connectivity index (χ2v) is 12.0. The number of halogens is 3. The zero-order valence-corrected chi connectivity index (χ0v) is 20.4. The summed E-state index contributed by atoms with van der Waals surface area (Å²) >= 11 is -0.0838. The van der Waals surface area contributed by atoms with Gasteiger partial charge in [0.25, 0.3) is 0 Å². The summed E-state index contributed by atoms with van der Waals surface area (Å²) in [7, 11) is -1.07. The molecule has 2 fully saturated rings. The summed E-state index contributed by atoms with van der Waals surface area (Å²) in [6.45, 7) is 1.64. The van der Waals surface area contributed by atoms with Crippen molar-refractivity contribution in [1.82, 2.24) is 4.98 Å². The molecule has 2 aromatic rings. The third-order valence-electron chi connectivity index (χ3n) is 7.20. The fraction of sp³-hybridized carbons (Fsp3) is 0.542. The maximum absolute atomic E-state index is 12.6. The van der Waals surface area contributed by atoms with Crippen molar-refractivity contribution in [2.75, 3.05) is 35.7 Å². The van der Waals surface area contributed by atoms with Crippen molar-refractivity contribution >= 4 is 34.1 Å². The maximum Gasteiger partial charge on any atom is 0.446 e. The highest BCUT2D eigenvalue weighted by molar-refractivity contribution is 8.00. The van der Waals surface area contributed by atoms with Crippen molar-refractivity contribution < 1.29 is 22.5 Å². The minimum atomic E-state index is -4.27. The van der Waals surface area contributed by atoms with Gasteiger partial charge in [-0.15, -0.1) is 0 Å². The maximum atomic E-state index is 12.6. The number of anilines is 2. The number of nitrogens with zero attached hydrogens (tertiary/aromatic N) is 2. The number of alkyl halides is 3. The third kappa shape index (κ3) is 4.95. The number of aryl methyl sites for hydroxylation is 1. The first-order valence-corrected chi connectivity index (χ1v) is 13.8. The van der Waals surface area contributed by atoms with Gasteiger partial charge >= 0.3 is 5.51 Å². The third-order valence-corrected chi connectivity index (χ3v) is 9.42. The number of hydrogen-bond acceptors (Lipinski definition) is 6. The zero-order valence-electron chi connectivity index (χ0n) is 18.7. The summed E-state index contributed by atoms with van der Waals surface area (Å²) in [5.74, 6) is 1.74. The molecule has 0 amide bonds. The molecular weight excluding hydrogens is 483 g/mol. The van der Waals surface area contributed by atoms with E-state index in [1.807, 2.05) is 18.2 Å². The number of aliphatic hydroxyl groups is 1. The van der Waals surface area contributed by atoms with Gasteiger partial charge in [-0.05, 0) is 67.5 Å². The van der Waals surface area contributed by atoms with Gasteiger partial charge in [0.15, 0.2) is 0 Å². The molecule has 0 spiro atoms. The van der Waals surface area contributed by atoms with Gasteiger partial charge in [-0.25, -0.2) is 4.98 Å². The van der Waals surface area contributed by atoms with Gasteiger partial charge in [0.1, 0.15) is 5.82 Å². The van der Waals surface area contributed by atoms with Crippen LogP contribution in [0.1, 0.15) is 49.3 Å². The van der Waals surface area contributed by atoms with E-state index in [1.54, 1.807) is 12.1 Å². The average Bonchev–Trinajstić information content (AvgIpc) is 3.17. The normalized spacial score (nSPS) is 22.4. The number of fused-ring (bicyclic) bond motifs is 1. The van der Waals surface area contributed by atoms with E-state index in [0.717, 1.165) is 72.9 Å². The lowest BCUT2D eigenvalue weighted by Gasteiger charge is -2.42. The van der Waals surface area contributed by atoms with Gasteiger partial charge in [0, 0.05) is 36.2 Å². The van der Waals surface area contributed by atoms with E-state index in [1.165, 1.54) is 0 Å². The Bertz CT molecular complexity index is 1060. The first-order chi connectivity index (χ1) is 16.3. The van der Waals surface area contributed by atoms with Crippen LogP contribution in [0, 0.1) is 0 Å². The molecule has 184 valence electrons. The van der Waals surface area contributed by atoms with Crippen LogP contribution < -0.4 is 10.2 Å². The number of thioether (sulfide) groups is 1. The van der Waals surface area contributed by atoms with Crippen molar-refractivity contribution in [2.24, 2.45) is 0 Å². The Morgan fingerprint density at radius 2 is 1.91 bits per heavy atom. The van der Waals surface area contributed by atoms with Crippen molar-refractivity contribution in [3.05, 3.63) is 41.6 Å². The molecule has 2 aliphatic heterocycles. The molecule has 3 heterocycles. The summed E-state index contributed by atoms with van der Waals surface area (Å²) < 4.78 is 50.4. The molecule has 1 aliphatic carbocycles. The molecule has 0 unspecified atom stereocenters. The lowest BCUT2D eigenvalue weighted by Crippen LogP contribution is -2.48. The fourth-order valence-electron chi connectivity index (χ4n) is 5.14. The van der Waals surface area contributed by atoms with Crippen LogP contribution in [-0.2, 0) is 17.2 Å². The molecule has 1 saturated heterocycles. The largest absolute Gasteiger partial charge is 0.446 e. The predicted molar refractivity (Wildman–Crippen MR) is 129 cm³/mol. The minimum Gasteiger partial charge on any atom is -0.394 e. The molecule has 3 aliphatic rings. The van der Waals surface area contributed by atoms with Crippen LogP contribution in [0.3, 0.4) is 0 Å². The topological polar surface area (TPSA) is 65.5 Å². The summed E-state index contributed by atoms with van der Waals surface area (Å²) in [5, 5.41) is 13.4. The van der Waals surface area contributed by atoms with E-state index in [9.17, 15) is 22.5 Å². The SMILES string of the molecule is O=[S@]1CCc2nc(N3CCC(c4ccc(SC(F)(F)F)cc4)CC3)cc(NC3(CO)CCC3)c21. The van der Waals surface area contributed by atoms with Crippen LogP contribution in [-0.4, -0.2) is 50.8 Å². The molecule has 5 nitrogen and oxygen atoms in total. The highest BCUT2D eigenvalue weighted by Crippen LogP contribution is 2.41. The number of aliphatic hydroxyl groups excluding tert-OH is 1. The lowest BCUT2D eigenvalue weighted by atomic mass is 9.77. The average molecular weight is 512 g/mol.